The van der Waals surface area contributed by atoms with Crippen LogP contribution in [-0.4, -0.2) is 30.9 Å². The molecule has 7 heteroatoms. The molecule has 0 saturated carbocycles. The molecule has 0 aliphatic rings. The summed E-state index contributed by atoms with van der Waals surface area (Å²) < 4.78 is 0.922. The average Bonchev–Trinajstić information content (AvgIpc) is 2.42. The molecule has 0 aliphatic heterocycles. The van der Waals surface area contributed by atoms with Crippen LogP contribution in [0.25, 0.3) is 0 Å². The second-order valence-corrected chi connectivity index (χ2v) is 5.62. The van der Waals surface area contributed by atoms with E-state index < -0.39 is 0 Å². The van der Waals surface area contributed by atoms with Crippen molar-refractivity contribution in [3.05, 3.63) is 34.3 Å². The molecule has 0 aliphatic carbocycles. The third-order valence-electron chi connectivity index (χ3n) is 3.02. The van der Waals surface area contributed by atoms with Gasteiger partial charge in [-0.05, 0) is 31.2 Å². The first-order valence-electron chi connectivity index (χ1n) is 6.49. The summed E-state index contributed by atoms with van der Waals surface area (Å²) in [6, 6.07) is 6.89. The Bertz CT molecular complexity index is 466. The molecule has 0 fully saturated rings. The van der Waals surface area contributed by atoms with Gasteiger partial charge in [-0.2, -0.15) is 0 Å². The number of nitrogens with one attached hydrogen (secondary N) is 2. The van der Waals surface area contributed by atoms with Gasteiger partial charge < -0.3 is 16.4 Å². The molecular formula is C14H21BrClN3O2. The molecule has 0 heterocycles. The quantitative estimate of drug-likeness (QED) is 0.659. The van der Waals surface area contributed by atoms with E-state index in [9.17, 15) is 9.59 Å². The van der Waals surface area contributed by atoms with Crippen LogP contribution < -0.4 is 16.4 Å². The zero-order valence-electron chi connectivity index (χ0n) is 12.1. The Morgan fingerprint density at radius 1 is 1.14 bits per heavy atom. The zero-order chi connectivity index (χ0) is 15.1. The fraction of sp³-hybridized carbons (Fsp3) is 0.429. The first kappa shape index (κ1) is 19.9. The summed E-state index contributed by atoms with van der Waals surface area (Å²) >= 11 is 3.31. The Morgan fingerprint density at radius 3 is 2.19 bits per heavy atom. The molecule has 0 aromatic heterocycles. The van der Waals surface area contributed by atoms with Crippen LogP contribution in [0.2, 0.25) is 0 Å². The monoisotopic (exact) mass is 377 g/mol. The normalized spacial score (nSPS) is 12.8. The molecule has 1 rings (SSSR count). The Hall–Kier alpha value is -1.11. The van der Waals surface area contributed by atoms with Gasteiger partial charge in [-0.3, -0.25) is 9.59 Å². The summed E-state index contributed by atoms with van der Waals surface area (Å²) in [5, 5.41) is 5.48. The Kier molecular flexibility index (Phi) is 9.24. The van der Waals surface area contributed by atoms with Gasteiger partial charge in [0, 0.05) is 35.1 Å². The smallest absolute Gasteiger partial charge is 0.251 e. The number of benzene rings is 1. The molecule has 2 amide bonds. The molecule has 1 aromatic rings. The highest BCUT2D eigenvalue weighted by molar-refractivity contribution is 9.10. The molecular weight excluding hydrogens is 358 g/mol. The largest absolute Gasteiger partial charge is 0.354 e. The molecule has 5 nitrogen and oxygen atoms in total. The molecule has 2 atom stereocenters. The van der Waals surface area contributed by atoms with E-state index in [2.05, 4.69) is 26.6 Å². The number of amides is 2. The predicted octanol–water partition coefficient (Wildman–Crippen LogP) is 1.70. The highest BCUT2D eigenvalue weighted by Crippen LogP contribution is 2.10. The summed E-state index contributed by atoms with van der Waals surface area (Å²) in [5.74, 6) is -0.498. The molecule has 0 spiro atoms. The summed E-state index contributed by atoms with van der Waals surface area (Å²) in [7, 11) is 0. The van der Waals surface area contributed by atoms with Gasteiger partial charge in [-0.25, -0.2) is 0 Å². The minimum Gasteiger partial charge on any atom is -0.354 e. The Labute approximate surface area is 139 Å². The molecule has 0 bridgehead atoms. The van der Waals surface area contributed by atoms with Crippen LogP contribution in [0.15, 0.2) is 28.7 Å². The van der Waals surface area contributed by atoms with Crippen molar-refractivity contribution in [1.29, 1.82) is 0 Å². The van der Waals surface area contributed by atoms with Crippen molar-refractivity contribution in [2.24, 2.45) is 11.7 Å². The minimum absolute atomic E-state index is 0. The van der Waals surface area contributed by atoms with Crippen molar-refractivity contribution >= 4 is 40.2 Å². The van der Waals surface area contributed by atoms with Crippen LogP contribution in [0.5, 0.6) is 0 Å². The van der Waals surface area contributed by atoms with Crippen LogP contribution in [0, 0.1) is 5.92 Å². The maximum Gasteiger partial charge on any atom is 0.251 e. The van der Waals surface area contributed by atoms with E-state index in [0.29, 0.717) is 18.7 Å². The van der Waals surface area contributed by atoms with Gasteiger partial charge >= 0.3 is 0 Å². The van der Waals surface area contributed by atoms with Crippen molar-refractivity contribution in [3.63, 3.8) is 0 Å². The van der Waals surface area contributed by atoms with E-state index >= 15 is 0 Å². The van der Waals surface area contributed by atoms with E-state index in [0.717, 1.165) is 4.47 Å². The highest BCUT2D eigenvalue weighted by atomic mass is 79.9. The number of halogens is 2. The fourth-order valence-corrected chi connectivity index (χ4v) is 1.73. The van der Waals surface area contributed by atoms with Gasteiger partial charge in [0.25, 0.3) is 5.91 Å². The van der Waals surface area contributed by atoms with Gasteiger partial charge in [-0.15, -0.1) is 12.4 Å². The molecule has 118 valence electrons. The van der Waals surface area contributed by atoms with E-state index in [1.807, 2.05) is 0 Å². The van der Waals surface area contributed by atoms with Crippen molar-refractivity contribution in [1.82, 2.24) is 10.6 Å². The van der Waals surface area contributed by atoms with Crippen LogP contribution >= 0.6 is 28.3 Å². The second-order valence-electron chi connectivity index (χ2n) is 4.70. The van der Waals surface area contributed by atoms with Gasteiger partial charge in [0.1, 0.15) is 0 Å². The molecule has 4 N–H and O–H groups in total. The zero-order valence-corrected chi connectivity index (χ0v) is 14.5. The number of hydrogen-bond acceptors (Lipinski definition) is 3. The number of nitrogens with two attached hydrogens (primary N) is 1. The van der Waals surface area contributed by atoms with E-state index in [-0.39, 0.29) is 36.2 Å². The third kappa shape index (κ3) is 6.93. The van der Waals surface area contributed by atoms with Crippen LogP contribution in [-0.2, 0) is 4.79 Å². The van der Waals surface area contributed by atoms with Crippen molar-refractivity contribution in [2.45, 2.75) is 19.9 Å². The van der Waals surface area contributed by atoms with Crippen molar-refractivity contribution < 1.29 is 9.59 Å². The summed E-state index contributed by atoms with van der Waals surface area (Å²) in [5.41, 5.74) is 6.23. The first-order chi connectivity index (χ1) is 9.41. The maximum absolute atomic E-state index is 11.8. The predicted molar refractivity (Wildman–Crippen MR) is 89.5 cm³/mol. The lowest BCUT2D eigenvalue weighted by atomic mass is 10.0. The van der Waals surface area contributed by atoms with Crippen LogP contribution in [0.4, 0.5) is 0 Å². The number of rotatable bonds is 6. The van der Waals surface area contributed by atoms with Crippen molar-refractivity contribution in [3.8, 4) is 0 Å². The summed E-state index contributed by atoms with van der Waals surface area (Å²) in [6.07, 6.45) is 0. The van der Waals surface area contributed by atoms with Crippen molar-refractivity contribution in [2.75, 3.05) is 13.1 Å². The standard InChI is InChI=1S/C14H20BrN3O2.ClH/c1-9(10(2)16)13(19)17-7-8-18-14(20)11-3-5-12(15)6-4-11;/h3-6,9-10H,7-8,16H2,1-2H3,(H,17,19)(H,18,20);1H. The first-order valence-corrected chi connectivity index (χ1v) is 7.28. The van der Waals surface area contributed by atoms with Crippen LogP contribution in [0.1, 0.15) is 24.2 Å². The van der Waals surface area contributed by atoms with Crippen LogP contribution in [0.3, 0.4) is 0 Å². The number of carbonyl (C=O) groups is 2. The van der Waals surface area contributed by atoms with Gasteiger partial charge in [0.15, 0.2) is 0 Å². The van der Waals surface area contributed by atoms with Gasteiger partial charge in [-0.1, -0.05) is 22.9 Å². The maximum atomic E-state index is 11.8. The van der Waals surface area contributed by atoms with E-state index in [1.54, 1.807) is 38.1 Å². The third-order valence-corrected chi connectivity index (χ3v) is 3.55. The molecule has 1 aromatic carbocycles. The van der Waals surface area contributed by atoms with Gasteiger partial charge in [0.2, 0.25) is 5.91 Å². The lowest BCUT2D eigenvalue weighted by molar-refractivity contribution is -0.124. The van der Waals surface area contributed by atoms with E-state index in [4.69, 9.17) is 5.73 Å². The summed E-state index contributed by atoms with van der Waals surface area (Å²) in [4.78, 5) is 23.4. The average molecular weight is 379 g/mol. The van der Waals surface area contributed by atoms with Gasteiger partial charge in [0.05, 0.1) is 0 Å². The second kappa shape index (κ2) is 9.76. The lowest BCUT2D eigenvalue weighted by Crippen LogP contribution is -2.41. The molecule has 0 radical (unpaired) electrons. The molecule has 0 saturated heterocycles. The number of carbonyl (C=O) groups excluding carboxylic acids is 2. The van der Waals surface area contributed by atoms with E-state index in [1.165, 1.54) is 0 Å². The molecule has 2 unspecified atom stereocenters. The lowest BCUT2D eigenvalue weighted by Gasteiger charge is -2.15. The summed E-state index contributed by atoms with van der Waals surface area (Å²) in [6.45, 7) is 4.34. The highest BCUT2D eigenvalue weighted by Gasteiger charge is 2.16. The topological polar surface area (TPSA) is 84.2 Å². The Balaban J connectivity index is 0.00000400. The Morgan fingerprint density at radius 2 is 1.67 bits per heavy atom. The number of hydrogen-bond donors (Lipinski definition) is 3. The fourth-order valence-electron chi connectivity index (χ4n) is 1.46. The molecule has 21 heavy (non-hydrogen) atoms. The SMILES string of the molecule is CC(N)C(C)C(=O)NCCNC(=O)c1ccc(Br)cc1.Cl. The minimum atomic E-state index is -0.239.